The Morgan fingerprint density at radius 2 is 1.77 bits per heavy atom. The first-order chi connectivity index (χ1) is 14.8. The lowest BCUT2D eigenvalue weighted by atomic mass is 9.97. The topological polar surface area (TPSA) is 113 Å². The largest absolute Gasteiger partial charge is 0.548 e. The fraction of sp³-hybridized carbons (Fsp3) is 0.174. The normalized spacial score (nSPS) is 11.2. The lowest BCUT2D eigenvalue weighted by Gasteiger charge is -2.11. The lowest BCUT2D eigenvalue weighted by molar-refractivity contribution is -0.304. The molecule has 0 radical (unpaired) electrons. The lowest BCUT2D eigenvalue weighted by Crippen LogP contribution is -2.38. The number of aryl methyl sites for hydroxylation is 2. The maximum atomic E-state index is 13.3. The molecule has 1 amide bonds. The van der Waals surface area contributed by atoms with Gasteiger partial charge in [-0.2, -0.15) is 0 Å². The molecule has 31 heavy (non-hydrogen) atoms. The van der Waals surface area contributed by atoms with Gasteiger partial charge in [0, 0.05) is 21.9 Å². The number of furan rings is 1. The van der Waals surface area contributed by atoms with E-state index < -0.39 is 24.0 Å². The highest BCUT2D eigenvalue weighted by molar-refractivity contribution is 6.05. The predicted molar refractivity (Wildman–Crippen MR) is 109 cm³/mol. The van der Waals surface area contributed by atoms with E-state index in [1.54, 1.807) is 38.3 Å². The van der Waals surface area contributed by atoms with Gasteiger partial charge in [-0.15, -0.1) is 0 Å². The molecule has 0 bridgehead atoms. The third-order valence-electron chi connectivity index (χ3n) is 5.26. The minimum absolute atomic E-state index is 0.133. The summed E-state index contributed by atoms with van der Waals surface area (Å²) in [5.74, 6) is -2.41. The van der Waals surface area contributed by atoms with Gasteiger partial charge < -0.3 is 24.1 Å². The van der Waals surface area contributed by atoms with Crippen LogP contribution >= 0.6 is 0 Å². The molecule has 2 aromatic heterocycles. The molecule has 2 heterocycles. The smallest absolute Gasteiger partial charge is 0.340 e. The van der Waals surface area contributed by atoms with E-state index in [1.165, 1.54) is 12.1 Å². The van der Waals surface area contributed by atoms with Crippen LogP contribution in [0.4, 0.5) is 4.39 Å². The molecule has 1 N–H and O–H groups in total. The second kappa shape index (κ2) is 7.71. The standard InChI is InChI=1S/C23H18FNO6/c1-11-15-7-17-18(13-3-5-14(24)6-4-13)10-30-21(17)12(2)22(15)31-23(29)16(11)8-19(26)25-9-20(27)28/h3-7,10H,8-9H2,1-2H3,(H,25,26)(H,27,28)/p-1. The Labute approximate surface area is 175 Å². The first-order valence-electron chi connectivity index (χ1n) is 9.46. The first-order valence-corrected chi connectivity index (χ1v) is 9.46. The van der Waals surface area contributed by atoms with Gasteiger partial charge in [0.05, 0.1) is 30.8 Å². The zero-order chi connectivity index (χ0) is 22.3. The summed E-state index contributed by atoms with van der Waals surface area (Å²) >= 11 is 0. The van der Waals surface area contributed by atoms with Crippen LogP contribution in [0, 0.1) is 19.7 Å². The van der Waals surface area contributed by atoms with Crippen molar-refractivity contribution in [2.24, 2.45) is 0 Å². The highest BCUT2D eigenvalue weighted by Gasteiger charge is 2.20. The van der Waals surface area contributed by atoms with Gasteiger partial charge >= 0.3 is 5.63 Å². The molecule has 0 saturated heterocycles. The van der Waals surface area contributed by atoms with Gasteiger partial charge in [-0.3, -0.25) is 4.79 Å². The summed E-state index contributed by atoms with van der Waals surface area (Å²) in [6.07, 6.45) is 1.23. The monoisotopic (exact) mass is 422 g/mol. The fourth-order valence-corrected chi connectivity index (χ4v) is 3.65. The van der Waals surface area contributed by atoms with Crippen LogP contribution in [0.5, 0.6) is 0 Å². The number of aliphatic carboxylic acids is 1. The number of rotatable bonds is 5. The molecule has 8 heteroatoms. The quantitative estimate of drug-likeness (QED) is 0.494. The number of carbonyl (C=O) groups excluding carboxylic acids is 2. The number of amides is 1. The average Bonchev–Trinajstić information content (AvgIpc) is 3.15. The minimum Gasteiger partial charge on any atom is -0.548 e. The molecule has 0 aliphatic rings. The molecular formula is C23H17FNO6-. The number of carbonyl (C=O) groups is 2. The molecule has 7 nitrogen and oxygen atoms in total. The average molecular weight is 422 g/mol. The molecule has 0 atom stereocenters. The van der Waals surface area contributed by atoms with Crippen LogP contribution in [0.15, 0.2) is 50.2 Å². The Morgan fingerprint density at radius 3 is 2.45 bits per heavy atom. The van der Waals surface area contributed by atoms with E-state index >= 15 is 0 Å². The summed E-state index contributed by atoms with van der Waals surface area (Å²) in [7, 11) is 0. The molecule has 0 saturated carbocycles. The molecule has 0 aliphatic heterocycles. The number of hydrogen-bond acceptors (Lipinski definition) is 6. The second-order valence-electron chi connectivity index (χ2n) is 7.23. The van der Waals surface area contributed by atoms with Crippen LogP contribution in [-0.2, 0) is 16.0 Å². The summed E-state index contributed by atoms with van der Waals surface area (Å²) in [5, 5.41) is 14.1. The van der Waals surface area contributed by atoms with Gasteiger partial charge in [-0.05, 0) is 43.2 Å². The van der Waals surface area contributed by atoms with Crippen LogP contribution in [0.25, 0.3) is 33.1 Å². The van der Waals surface area contributed by atoms with Gasteiger partial charge in [0.25, 0.3) is 0 Å². The maximum Gasteiger partial charge on any atom is 0.340 e. The van der Waals surface area contributed by atoms with Gasteiger partial charge in [-0.25, -0.2) is 9.18 Å². The molecule has 158 valence electrons. The van der Waals surface area contributed by atoms with Crippen LogP contribution in [0.3, 0.4) is 0 Å². The summed E-state index contributed by atoms with van der Waals surface area (Å²) in [6, 6.07) is 7.81. The van der Waals surface area contributed by atoms with E-state index in [0.29, 0.717) is 27.7 Å². The van der Waals surface area contributed by atoms with Crippen LogP contribution in [-0.4, -0.2) is 18.4 Å². The van der Waals surface area contributed by atoms with E-state index in [4.69, 9.17) is 8.83 Å². The molecular weight excluding hydrogens is 405 g/mol. The van der Waals surface area contributed by atoms with Crippen LogP contribution in [0.1, 0.15) is 16.7 Å². The molecule has 0 unspecified atom stereocenters. The molecule has 0 fully saturated rings. The Morgan fingerprint density at radius 1 is 1.06 bits per heavy atom. The van der Waals surface area contributed by atoms with Crippen LogP contribution in [0.2, 0.25) is 0 Å². The Bertz CT molecular complexity index is 1400. The number of carboxylic acid groups (broad SMARTS) is 1. The molecule has 0 aliphatic carbocycles. The third-order valence-corrected chi connectivity index (χ3v) is 5.26. The molecule has 2 aromatic carbocycles. The number of fused-ring (bicyclic) bond motifs is 2. The van der Waals surface area contributed by atoms with Crippen LogP contribution < -0.4 is 16.0 Å². The van der Waals surface area contributed by atoms with E-state index in [0.717, 1.165) is 16.5 Å². The zero-order valence-electron chi connectivity index (χ0n) is 16.7. The van der Waals surface area contributed by atoms with Crippen molar-refractivity contribution in [2.45, 2.75) is 20.3 Å². The molecule has 4 aromatic rings. The Kier molecular flexibility index (Phi) is 5.06. The Hall–Kier alpha value is -3.94. The third kappa shape index (κ3) is 3.68. The van der Waals surface area contributed by atoms with Gasteiger partial charge in [0.2, 0.25) is 5.91 Å². The number of benzene rings is 2. The van der Waals surface area contributed by atoms with Crippen molar-refractivity contribution < 1.29 is 27.9 Å². The van der Waals surface area contributed by atoms with Crippen molar-refractivity contribution >= 4 is 33.8 Å². The second-order valence-corrected chi connectivity index (χ2v) is 7.23. The summed E-state index contributed by atoms with van der Waals surface area (Å²) in [4.78, 5) is 35.1. The van der Waals surface area contributed by atoms with Gasteiger partial charge in [-0.1, -0.05) is 12.1 Å². The minimum atomic E-state index is -1.43. The van der Waals surface area contributed by atoms with Crippen molar-refractivity contribution in [2.75, 3.05) is 6.54 Å². The number of nitrogens with one attached hydrogen (secondary N) is 1. The van der Waals surface area contributed by atoms with Crippen molar-refractivity contribution in [3.8, 4) is 11.1 Å². The zero-order valence-corrected chi connectivity index (χ0v) is 16.7. The van der Waals surface area contributed by atoms with E-state index in [1.807, 2.05) is 0 Å². The summed E-state index contributed by atoms with van der Waals surface area (Å²) < 4.78 is 24.5. The van der Waals surface area contributed by atoms with Gasteiger partial charge in [0.1, 0.15) is 17.0 Å². The summed E-state index contributed by atoms with van der Waals surface area (Å²) in [6.45, 7) is 2.81. The van der Waals surface area contributed by atoms with Gasteiger partial charge in [0.15, 0.2) is 0 Å². The van der Waals surface area contributed by atoms with Crippen molar-refractivity contribution in [1.82, 2.24) is 5.32 Å². The highest BCUT2D eigenvalue weighted by atomic mass is 19.1. The van der Waals surface area contributed by atoms with Crippen molar-refractivity contribution in [1.29, 1.82) is 0 Å². The maximum absolute atomic E-state index is 13.3. The van der Waals surface area contributed by atoms with Crippen molar-refractivity contribution in [3.05, 3.63) is 69.5 Å². The number of hydrogen-bond donors (Lipinski definition) is 1. The molecule has 4 rings (SSSR count). The van der Waals surface area contributed by atoms with E-state index in [-0.39, 0.29) is 17.8 Å². The van der Waals surface area contributed by atoms with E-state index in [2.05, 4.69) is 5.32 Å². The van der Waals surface area contributed by atoms with Crippen molar-refractivity contribution in [3.63, 3.8) is 0 Å². The first kappa shape index (κ1) is 20.3. The predicted octanol–water partition coefficient (Wildman–Crippen LogP) is 2.37. The number of carboxylic acids is 1. The SMILES string of the molecule is Cc1c(CC(=O)NCC(=O)[O-])c(=O)oc2c(C)c3occ(-c4ccc(F)cc4)c3cc12. The highest BCUT2D eigenvalue weighted by Crippen LogP contribution is 2.37. The fourth-order valence-electron chi connectivity index (χ4n) is 3.65. The van der Waals surface area contributed by atoms with E-state index in [9.17, 15) is 23.9 Å². The Balaban J connectivity index is 1.86. The number of halogens is 1. The molecule has 0 spiro atoms. The summed E-state index contributed by atoms with van der Waals surface area (Å²) in [5.41, 5.74) is 3.01.